The number of ether oxygens (including phenoxy) is 2. The van der Waals surface area contributed by atoms with Gasteiger partial charge in [0.25, 0.3) is 5.91 Å². The van der Waals surface area contributed by atoms with Crippen LogP contribution in [0.1, 0.15) is 11.1 Å². The Bertz CT molecular complexity index is 821. The number of halogens is 1. The van der Waals surface area contributed by atoms with Crippen molar-refractivity contribution >= 4 is 33.9 Å². The maximum absolute atomic E-state index is 12.0. The van der Waals surface area contributed by atoms with Gasteiger partial charge >= 0.3 is 5.97 Å². The van der Waals surface area contributed by atoms with E-state index in [1.807, 2.05) is 30.3 Å². The zero-order valence-corrected chi connectivity index (χ0v) is 16.4. The van der Waals surface area contributed by atoms with Crippen LogP contribution in [-0.2, 0) is 16.0 Å². The van der Waals surface area contributed by atoms with Crippen LogP contribution >= 0.6 is 15.9 Å². The largest absolute Gasteiger partial charge is 0.493 e. The molecule has 6 nitrogen and oxygen atoms in total. The summed E-state index contributed by atoms with van der Waals surface area (Å²) in [6.07, 6.45) is 3.21. The lowest BCUT2D eigenvalue weighted by Crippen LogP contribution is -2.30. The highest BCUT2D eigenvalue weighted by Crippen LogP contribution is 2.37. The maximum atomic E-state index is 12.0. The fraction of sp³-hybridized carbons (Fsp3) is 0.200. The van der Waals surface area contributed by atoms with Gasteiger partial charge < -0.3 is 19.9 Å². The second-order valence-electron chi connectivity index (χ2n) is 5.58. The number of amides is 1. The van der Waals surface area contributed by atoms with Gasteiger partial charge in [0, 0.05) is 12.6 Å². The lowest BCUT2D eigenvalue weighted by molar-refractivity contribution is -0.131. The third-order valence-electron chi connectivity index (χ3n) is 3.60. The molecule has 0 fully saturated rings. The molecule has 7 heteroatoms. The Labute approximate surface area is 165 Å². The van der Waals surface area contributed by atoms with Crippen LogP contribution in [0.3, 0.4) is 0 Å². The lowest BCUT2D eigenvalue weighted by Gasteiger charge is -2.13. The summed E-state index contributed by atoms with van der Waals surface area (Å²) in [4.78, 5) is 22.6. The molecule has 0 unspecified atom stereocenters. The van der Waals surface area contributed by atoms with E-state index in [1.54, 1.807) is 12.1 Å². The SMILES string of the molecule is COc1cc(/C=C/C(=O)O)cc(Br)c1OCC(=O)NCCc1ccccc1. The van der Waals surface area contributed by atoms with E-state index in [0.717, 1.165) is 18.1 Å². The molecule has 0 bridgehead atoms. The minimum absolute atomic E-state index is 0.159. The average molecular weight is 434 g/mol. The van der Waals surface area contributed by atoms with Gasteiger partial charge in [-0.2, -0.15) is 0 Å². The molecule has 2 N–H and O–H groups in total. The third kappa shape index (κ3) is 6.79. The van der Waals surface area contributed by atoms with Crippen LogP contribution in [0.25, 0.3) is 6.08 Å². The van der Waals surface area contributed by atoms with Crippen LogP contribution in [0.2, 0.25) is 0 Å². The number of carbonyl (C=O) groups excluding carboxylic acids is 1. The van der Waals surface area contributed by atoms with Gasteiger partial charge in [-0.15, -0.1) is 0 Å². The summed E-state index contributed by atoms with van der Waals surface area (Å²) in [5, 5.41) is 11.5. The molecular formula is C20H20BrNO5. The van der Waals surface area contributed by atoms with Gasteiger partial charge in [-0.1, -0.05) is 30.3 Å². The molecule has 2 aromatic carbocycles. The zero-order valence-electron chi connectivity index (χ0n) is 14.8. The average Bonchev–Trinajstić information content (AvgIpc) is 2.65. The summed E-state index contributed by atoms with van der Waals surface area (Å²) in [5.41, 5.74) is 1.77. The predicted octanol–water partition coefficient (Wildman–Crippen LogP) is 3.29. The molecule has 27 heavy (non-hydrogen) atoms. The van der Waals surface area contributed by atoms with Gasteiger partial charge in [0.2, 0.25) is 0 Å². The Morgan fingerprint density at radius 1 is 1.22 bits per heavy atom. The second kappa shape index (κ2) is 10.4. The Balaban J connectivity index is 1.92. The number of carboxylic acids is 1. The molecule has 0 aromatic heterocycles. The van der Waals surface area contributed by atoms with E-state index in [2.05, 4.69) is 21.2 Å². The van der Waals surface area contributed by atoms with Crippen molar-refractivity contribution in [3.63, 3.8) is 0 Å². The van der Waals surface area contributed by atoms with Gasteiger partial charge in [0.15, 0.2) is 18.1 Å². The number of benzene rings is 2. The van der Waals surface area contributed by atoms with E-state index in [4.69, 9.17) is 14.6 Å². The molecule has 2 rings (SSSR count). The monoisotopic (exact) mass is 433 g/mol. The number of hydrogen-bond donors (Lipinski definition) is 2. The van der Waals surface area contributed by atoms with E-state index in [0.29, 0.717) is 28.1 Å². The molecular weight excluding hydrogens is 414 g/mol. The number of hydrogen-bond acceptors (Lipinski definition) is 4. The quantitative estimate of drug-likeness (QED) is 0.592. The van der Waals surface area contributed by atoms with Crippen LogP contribution in [0.4, 0.5) is 0 Å². The molecule has 0 saturated carbocycles. The number of carbonyl (C=O) groups is 2. The minimum Gasteiger partial charge on any atom is -0.493 e. The van der Waals surface area contributed by atoms with E-state index < -0.39 is 5.97 Å². The highest BCUT2D eigenvalue weighted by atomic mass is 79.9. The van der Waals surface area contributed by atoms with Crippen LogP contribution < -0.4 is 14.8 Å². The maximum Gasteiger partial charge on any atom is 0.328 e. The van der Waals surface area contributed by atoms with E-state index >= 15 is 0 Å². The van der Waals surface area contributed by atoms with Gasteiger partial charge in [-0.05, 0) is 51.7 Å². The third-order valence-corrected chi connectivity index (χ3v) is 4.19. The lowest BCUT2D eigenvalue weighted by atomic mass is 10.1. The van der Waals surface area contributed by atoms with E-state index in [-0.39, 0.29) is 12.5 Å². The second-order valence-corrected chi connectivity index (χ2v) is 6.43. The molecule has 0 heterocycles. The first-order valence-corrected chi connectivity index (χ1v) is 9.01. The van der Waals surface area contributed by atoms with Crippen molar-refractivity contribution in [3.05, 3.63) is 64.1 Å². The summed E-state index contributed by atoms with van der Waals surface area (Å²) in [6, 6.07) is 13.2. The van der Waals surface area contributed by atoms with Crippen molar-refractivity contribution in [2.24, 2.45) is 0 Å². The Kier molecular flexibility index (Phi) is 7.88. The number of rotatable bonds is 9. The van der Waals surface area contributed by atoms with Gasteiger partial charge in [-0.3, -0.25) is 4.79 Å². The number of aliphatic carboxylic acids is 1. The fourth-order valence-electron chi connectivity index (χ4n) is 2.32. The van der Waals surface area contributed by atoms with Crippen molar-refractivity contribution in [2.45, 2.75) is 6.42 Å². The number of methoxy groups -OCH3 is 1. The Hall–Kier alpha value is -2.80. The van der Waals surface area contributed by atoms with E-state index in [9.17, 15) is 9.59 Å². The standard InChI is InChI=1S/C20H20BrNO5/c1-26-17-12-15(7-8-19(24)25)11-16(21)20(17)27-13-18(23)22-10-9-14-5-3-2-4-6-14/h2-8,11-12H,9-10,13H2,1H3,(H,22,23)(H,24,25)/b8-7+. The summed E-state index contributed by atoms with van der Waals surface area (Å²) in [6.45, 7) is 0.359. The summed E-state index contributed by atoms with van der Waals surface area (Å²) in [7, 11) is 1.47. The number of nitrogens with one attached hydrogen (secondary N) is 1. The van der Waals surface area contributed by atoms with E-state index in [1.165, 1.54) is 13.2 Å². The van der Waals surface area contributed by atoms with Crippen molar-refractivity contribution in [3.8, 4) is 11.5 Å². The Morgan fingerprint density at radius 3 is 2.63 bits per heavy atom. The molecule has 0 aliphatic carbocycles. The van der Waals surface area contributed by atoms with Crippen LogP contribution in [-0.4, -0.2) is 37.2 Å². The van der Waals surface area contributed by atoms with Crippen molar-refractivity contribution < 1.29 is 24.2 Å². The summed E-state index contributed by atoms with van der Waals surface area (Å²) < 4.78 is 11.4. The zero-order chi connectivity index (χ0) is 19.6. The van der Waals surface area contributed by atoms with Crippen LogP contribution in [0.5, 0.6) is 11.5 Å². The predicted molar refractivity (Wildman–Crippen MR) is 106 cm³/mol. The molecule has 1 amide bonds. The molecule has 0 saturated heterocycles. The van der Waals surface area contributed by atoms with Crippen molar-refractivity contribution in [2.75, 3.05) is 20.3 Å². The van der Waals surface area contributed by atoms with Crippen LogP contribution in [0, 0.1) is 0 Å². The summed E-state index contributed by atoms with van der Waals surface area (Å²) in [5.74, 6) is -0.512. The normalized spacial score (nSPS) is 10.6. The van der Waals surface area contributed by atoms with Gasteiger partial charge in [0.1, 0.15) is 0 Å². The first-order valence-electron chi connectivity index (χ1n) is 8.21. The fourth-order valence-corrected chi connectivity index (χ4v) is 2.90. The van der Waals surface area contributed by atoms with Crippen LogP contribution in [0.15, 0.2) is 53.0 Å². The molecule has 142 valence electrons. The Morgan fingerprint density at radius 2 is 1.96 bits per heavy atom. The van der Waals surface area contributed by atoms with Gasteiger partial charge in [0.05, 0.1) is 11.6 Å². The molecule has 2 aromatic rings. The van der Waals surface area contributed by atoms with Crippen molar-refractivity contribution in [1.29, 1.82) is 0 Å². The molecule has 0 spiro atoms. The first kappa shape index (κ1) is 20.5. The molecule has 0 radical (unpaired) electrons. The van der Waals surface area contributed by atoms with Gasteiger partial charge in [-0.25, -0.2) is 4.79 Å². The molecule has 0 atom stereocenters. The minimum atomic E-state index is -1.04. The van der Waals surface area contributed by atoms with Crippen molar-refractivity contribution in [1.82, 2.24) is 5.32 Å². The number of carboxylic acid groups (broad SMARTS) is 1. The topological polar surface area (TPSA) is 84.9 Å². The highest BCUT2D eigenvalue weighted by Gasteiger charge is 2.13. The smallest absolute Gasteiger partial charge is 0.328 e. The summed E-state index contributed by atoms with van der Waals surface area (Å²) >= 11 is 3.36. The molecule has 0 aliphatic rings. The first-order chi connectivity index (χ1) is 13.0. The highest BCUT2D eigenvalue weighted by molar-refractivity contribution is 9.10. The molecule has 0 aliphatic heterocycles.